The molecule has 1 aliphatic carbocycles. The Hall–Kier alpha value is -1.59. The second kappa shape index (κ2) is 13.8. The number of amides is 1. The van der Waals surface area contributed by atoms with Gasteiger partial charge in [-0.25, -0.2) is 0 Å². The second-order valence-electron chi connectivity index (χ2n) is 8.63. The van der Waals surface area contributed by atoms with E-state index in [0.29, 0.717) is 12.3 Å². The summed E-state index contributed by atoms with van der Waals surface area (Å²) in [6, 6.07) is 7.64. The van der Waals surface area contributed by atoms with Gasteiger partial charge in [0.25, 0.3) is 5.91 Å². The van der Waals surface area contributed by atoms with Gasteiger partial charge in [0.2, 0.25) is 0 Å². The predicted molar refractivity (Wildman–Crippen MR) is 138 cm³/mol. The van der Waals surface area contributed by atoms with E-state index >= 15 is 0 Å². The molecule has 1 aromatic rings. The number of nitrogens with two attached hydrogens (primary N) is 1. The Balaban J connectivity index is 0.00000363. The molecule has 180 valence electrons. The Kier molecular flexibility index (Phi) is 11.5. The third-order valence-corrected chi connectivity index (χ3v) is 6.17. The molecule has 0 radical (unpaired) electrons. The standard InChI is InChI=1S/C23H37N5O3.HI/c1-25-22(26-15-19-6-5-7-20(14-19)31-16-21(24)29)27-17-23(8-3-2-4-9-23)18-28-10-12-30-13-11-28;/h5-7,14H,2-4,8-13,15-18H2,1H3,(H2,24,29)(H2,25,26,27);1H. The largest absolute Gasteiger partial charge is 0.484 e. The number of carbonyl (C=O) groups excluding carboxylic acids is 1. The minimum Gasteiger partial charge on any atom is -0.484 e. The molecule has 1 aliphatic heterocycles. The van der Waals surface area contributed by atoms with E-state index in [1.807, 2.05) is 24.3 Å². The van der Waals surface area contributed by atoms with E-state index in [1.165, 1.54) is 32.1 Å². The molecule has 0 unspecified atom stereocenters. The lowest BCUT2D eigenvalue weighted by Gasteiger charge is -2.42. The summed E-state index contributed by atoms with van der Waals surface area (Å²) in [5.41, 5.74) is 6.48. The van der Waals surface area contributed by atoms with Crippen molar-refractivity contribution in [1.29, 1.82) is 0 Å². The van der Waals surface area contributed by atoms with Crippen molar-refractivity contribution in [2.45, 2.75) is 38.6 Å². The van der Waals surface area contributed by atoms with E-state index in [-0.39, 0.29) is 36.0 Å². The van der Waals surface area contributed by atoms with Gasteiger partial charge in [0.15, 0.2) is 12.6 Å². The van der Waals surface area contributed by atoms with E-state index < -0.39 is 5.91 Å². The van der Waals surface area contributed by atoms with E-state index in [9.17, 15) is 4.79 Å². The topological polar surface area (TPSA) is 101 Å². The molecule has 3 rings (SSSR count). The van der Waals surface area contributed by atoms with Crippen LogP contribution in [-0.4, -0.2) is 69.8 Å². The summed E-state index contributed by atoms with van der Waals surface area (Å²) in [6.07, 6.45) is 6.46. The van der Waals surface area contributed by atoms with Crippen molar-refractivity contribution in [1.82, 2.24) is 15.5 Å². The minimum absolute atomic E-state index is 0. The Bertz CT molecular complexity index is 734. The molecule has 0 bridgehead atoms. The molecule has 1 heterocycles. The van der Waals surface area contributed by atoms with Crippen LogP contribution in [0.2, 0.25) is 0 Å². The number of guanidine groups is 1. The van der Waals surface area contributed by atoms with Crippen molar-refractivity contribution in [3.05, 3.63) is 29.8 Å². The molecule has 9 heteroatoms. The van der Waals surface area contributed by atoms with Crippen LogP contribution in [0.25, 0.3) is 0 Å². The highest BCUT2D eigenvalue weighted by molar-refractivity contribution is 14.0. The summed E-state index contributed by atoms with van der Waals surface area (Å²) in [7, 11) is 1.80. The fraction of sp³-hybridized carbons (Fsp3) is 0.652. The number of aliphatic imine (C=N–C) groups is 1. The number of hydrogen-bond acceptors (Lipinski definition) is 5. The van der Waals surface area contributed by atoms with Crippen LogP contribution in [0.1, 0.15) is 37.7 Å². The molecule has 1 saturated heterocycles. The maximum atomic E-state index is 10.9. The van der Waals surface area contributed by atoms with E-state index in [4.69, 9.17) is 15.2 Å². The number of rotatable bonds is 9. The number of carbonyl (C=O) groups is 1. The van der Waals surface area contributed by atoms with Crippen LogP contribution in [0.15, 0.2) is 29.3 Å². The normalized spacial score (nSPS) is 19.0. The monoisotopic (exact) mass is 559 g/mol. The summed E-state index contributed by atoms with van der Waals surface area (Å²) >= 11 is 0. The Morgan fingerprint density at radius 1 is 1.22 bits per heavy atom. The van der Waals surface area contributed by atoms with Crippen LogP contribution in [0.5, 0.6) is 5.75 Å². The van der Waals surface area contributed by atoms with Gasteiger partial charge in [-0.3, -0.25) is 14.7 Å². The average molecular weight is 559 g/mol. The lowest BCUT2D eigenvalue weighted by Crippen LogP contribution is -2.51. The summed E-state index contributed by atoms with van der Waals surface area (Å²) < 4.78 is 10.9. The molecule has 32 heavy (non-hydrogen) atoms. The number of ether oxygens (including phenoxy) is 2. The lowest BCUT2D eigenvalue weighted by molar-refractivity contribution is -0.119. The van der Waals surface area contributed by atoms with Crippen molar-refractivity contribution in [3.8, 4) is 5.75 Å². The third-order valence-electron chi connectivity index (χ3n) is 6.17. The van der Waals surface area contributed by atoms with Crippen LogP contribution in [0.3, 0.4) is 0 Å². The molecule has 8 nitrogen and oxygen atoms in total. The van der Waals surface area contributed by atoms with Gasteiger partial charge in [-0.2, -0.15) is 0 Å². The molecule has 2 aliphatic rings. The van der Waals surface area contributed by atoms with Crippen LogP contribution in [0.4, 0.5) is 0 Å². The quantitative estimate of drug-likeness (QED) is 0.244. The minimum atomic E-state index is -0.484. The van der Waals surface area contributed by atoms with E-state index in [0.717, 1.165) is 50.9 Å². The molecule has 2 fully saturated rings. The molecule has 0 spiro atoms. The molecule has 1 saturated carbocycles. The fourth-order valence-electron chi connectivity index (χ4n) is 4.50. The van der Waals surface area contributed by atoms with Gasteiger partial charge in [0.05, 0.1) is 13.2 Å². The van der Waals surface area contributed by atoms with E-state index in [2.05, 4.69) is 20.5 Å². The van der Waals surface area contributed by atoms with Crippen LogP contribution in [-0.2, 0) is 16.1 Å². The van der Waals surface area contributed by atoms with Crippen LogP contribution >= 0.6 is 24.0 Å². The zero-order valence-corrected chi connectivity index (χ0v) is 21.4. The van der Waals surface area contributed by atoms with Gasteiger partial charge in [0, 0.05) is 45.2 Å². The smallest absolute Gasteiger partial charge is 0.255 e. The van der Waals surface area contributed by atoms with Crippen LogP contribution in [0, 0.1) is 5.41 Å². The SMILES string of the molecule is CN=C(NCc1cccc(OCC(N)=O)c1)NCC1(CN2CCOCC2)CCCCC1.I. The highest BCUT2D eigenvalue weighted by Gasteiger charge is 2.34. The average Bonchev–Trinajstić information content (AvgIpc) is 2.79. The predicted octanol–water partition coefficient (Wildman–Crippen LogP) is 2.12. The fourth-order valence-corrected chi connectivity index (χ4v) is 4.50. The summed E-state index contributed by atoms with van der Waals surface area (Å²) in [4.78, 5) is 17.9. The number of benzene rings is 1. The van der Waals surface area contributed by atoms with Gasteiger partial charge in [0.1, 0.15) is 5.75 Å². The van der Waals surface area contributed by atoms with Gasteiger partial charge in [-0.05, 0) is 30.5 Å². The number of morpholine rings is 1. The van der Waals surface area contributed by atoms with Gasteiger partial charge >= 0.3 is 0 Å². The molecule has 4 N–H and O–H groups in total. The van der Waals surface area contributed by atoms with Gasteiger partial charge in [-0.15, -0.1) is 24.0 Å². The zero-order valence-electron chi connectivity index (χ0n) is 19.1. The first-order chi connectivity index (χ1) is 15.1. The maximum absolute atomic E-state index is 10.9. The number of primary amides is 1. The molecular weight excluding hydrogens is 521 g/mol. The Labute approximate surface area is 208 Å². The Morgan fingerprint density at radius 2 is 1.97 bits per heavy atom. The van der Waals surface area contributed by atoms with Crippen molar-refractivity contribution in [2.24, 2.45) is 16.1 Å². The third kappa shape index (κ3) is 8.74. The van der Waals surface area contributed by atoms with Crippen molar-refractivity contribution >= 4 is 35.8 Å². The molecule has 1 aromatic carbocycles. The van der Waals surface area contributed by atoms with Crippen molar-refractivity contribution in [3.63, 3.8) is 0 Å². The number of nitrogens with one attached hydrogen (secondary N) is 2. The number of halogens is 1. The molecule has 1 amide bonds. The van der Waals surface area contributed by atoms with Crippen molar-refractivity contribution < 1.29 is 14.3 Å². The highest BCUT2D eigenvalue weighted by atomic mass is 127. The molecular formula is C23H38IN5O3. The van der Waals surface area contributed by atoms with Gasteiger partial charge < -0.3 is 25.8 Å². The number of hydrogen-bond donors (Lipinski definition) is 3. The van der Waals surface area contributed by atoms with Crippen LogP contribution < -0.4 is 21.1 Å². The summed E-state index contributed by atoms with van der Waals surface area (Å²) in [5, 5.41) is 6.98. The van der Waals surface area contributed by atoms with E-state index in [1.54, 1.807) is 7.05 Å². The summed E-state index contributed by atoms with van der Waals surface area (Å²) in [6.45, 7) is 6.29. The second-order valence-corrected chi connectivity index (χ2v) is 8.63. The summed E-state index contributed by atoms with van der Waals surface area (Å²) in [5.74, 6) is 0.949. The Morgan fingerprint density at radius 3 is 2.66 bits per heavy atom. The highest BCUT2D eigenvalue weighted by Crippen LogP contribution is 2.36. The maximum Gasteiger partial charge on any atom is 0.255 e. The first kappa shape index (κ1) is 26.7. The number of nitrogens with zero attached hydrogens (tertiary/aromatic N) is 2. The zero-order chi connectivity index (χ0) is 21.9. The lowest BCUT2D eigenvalue weighted by atomic mass is 9.73. The first-order valence-corrected chi connectivity index (χ1v) is 11.3. The van der Waals surface area contributed by atoms with Gasteiger partial charge in [-0.1, -0.05) is 31.4 Å². The molecule has 0 atom stereocenters. The first-order valence-electron chi connectivity index (χ1n) is 11.3. The molecule has 0 aromatic heterocycles. The van der Waals surface area contributed by atoms with Crippen molar-refractivity contribution in [2.75, 3.05) is 53.0 Å².